The van der Waals surface area contributed by atoms with E-state index in [0.717, 1.165) is 0 Å². The Morgan fingerprint density at radius 3 is 2.73 bits per heavy atom. The van der Waals surface area contributed by atoms with E-state index in [0.29, 0.717) is 16.4 Å². The summed E-state index contributed by atoms with van der Waals surface area (Å²) >= 11 is 17.6. The molecule has 0 bridgehead atoms. The fraction of sp³-hybridized carbons (Fsp3) is 0.0714. The van der Waals surface area contributed by atoms with Crippen LogP contribution < -0.4 is 10.2 Å². The number of halogens is 3. The second-order valence-electron chi connectivity index (χ2n) is 4.48. The Morgan fingerprint density at radius 1 is 1.23 bits per heavy atom. The zero-order chi connectivity index (χ0) is 15.9. The van der Waals surface area contributed by atoms with E-state index in [1.165, 1.54) is 23.1 Å². The molecule has 1 aromatic carbocycles. The summed E-state index contributed by atoms with van der Waals surface area (Å²) in [4.78, 5) is 30.0. The number of pyridine rings is 1. The predicted molar refractivity (Wildman–Crippen MR) is 86.5 cm³/mol. The third kappa shape index (κ3) is 2.52. The van der Waals surface area contributed by atoms with Crippen LogP contribution in [0.3, 0.4) is 0 Å². The van der Waals surface area contributed by atoms with Crippen LogP contribution in [0.4, 0.5) is 17.2 Å². The quantitative estimate of drug-likeness (QED) is 0.623. The lowest BCUT2D eigenvalue weighted by Gasteiger charge is -2.22. The highest BCUT2D eigenvalue weighted by Gasteiger charge is 2.30. The Labute approximate surface area is 140 Å². The van der Waals surface area contributed by atoms with Gasteiger partial charge < -0.3 is 5.32 Å². The van der Waals surface area contributed by atoms with E-state index in [2.05, 4.69) is 10.3 Å². The first-order valence-electron chi connectivity index (χ1n) is 6.17. The summed E-state index contributed by atoms with van der Waals surface area (Å²) in [6.07, 6.45) is 0. The van der Waals surface area contributed by atoms with Crippen molar-refractivity contribution in [3.63, 3.8) is 0 Å². The van der Waals surface area contributed by atoms with Gasteiger partial charge in [0.25, 0.3) is 5.91 Å². The van der Waals surface area contributed by atoms with E-state index in [4.69, 9.17) is 34.8 Å². The lowest BCUT2D eigenvalue weighted by Crippen LogP contribution is -2.28. The molecule has 0 spiro atoms. The molecule has 2 heterocycles. The summed E-state index contributed by atoms with van der Waals surface area (Å²) < 4.78 is 0. The summed E-state index contributed by atoms with van der Waals surface area (Å²) in [6, 6.07) is 7.71. The molecule has 1 aromatic heterocycles. The first kappa shape index (κ1) is 15.1. The number of amides is 2. The Hall–Kier alpha value is -1.82. The molecule has 3 rings (SSSR count). The van der Waals surface area contributed by atoms with Gasteiger partial charge in [-0.1, -0.05) is 23.2 Å². The fourth-order valence-electron chi connectivity index (χ4n) is 2.19. The van der Waals surface area contributed by atoms with Gasteiger partial charge in [-0.3, -0.25) is 14.5 Å². The van der Waals surface area contributed by atoms with Gasteiger partial charge in [0.1, 0.15) is 11.0 Å². The minimum absolute atomic E-state index is 0.186. The highest BCUT2D eigenvalue weighted by atomic mass is 35.5. The van der Waals surface area contributed by atoms with Gasteiger partial charge in [0.15, 0.2) is 5.82 Å². The van der Waals surface area contributed by atoms with Crippen molar-refractivity contribution < 1.29 is 9.59 Å². The first-order chi connectivity index (χ1) is 10.5. The van der Waals surface area contributed by atoms with Gasteiger partial charge >= 0.3 is 0 Å². The van der Waals surface area contributed by atoms with E-state index in [1.807, 2.05) is 0 Å². The zero-order valence-electron chi connectivity index (χ0n) is 10.9. The zero-order valence-corrected chi connectivity index (χ0v) is 13.2. The SMILES string of the molecule is O=C1Nc2ccc(Cl)nc2N(C(=O)CCl)c2cc(Cl)ccc21. The number of alkyl halides is 1. The molecule has 5 nitrogen and oxygen atoms in total. The van der Waals surface area contributed by atoms with Gasteiger partial charge in [-0.2, -0.15) is 0 Å². The molecular weight excluding hydrogens is 349 g/mol. The van der Waals surface area contributed by atoms with Crippen LogP contribution >= 0.6 is 34.8 Å². The Balaban J connectivity index is 2.33. The number of nitrogens with zero attached hydrogens (tertiary/aromatic N) is 2. The van der Waals surface area contributed by atoms with Crippen molar-refractivity contribution in [1.29, 1.82) is 0 Å². The lowest BCUT2D eigenvalue weighted by atomic mass is 10.1. The molecule has 8 heteroatoms. The molecule has 1 N–H and O–H groups in total. The maximum atomic E-state index is 12.3. The summed E-state index contributed by atoms with van der Waals surface area (Å²) in [6.45, 7) is 0. The number of nitrogens with one attached hydrogen (secondary N) is 1. The minimum atomic E-state index is -0.447. The molecule has 0 fully saturated rings. The Bertz CT molecular complexity index is 795. The molecule has 1 aliphatic heterocycles. The molecule has 0 unspecified atom stereocenters. The number of hydrogen-bond donors (Lipinski definition) is 1. The number of aromatic nitrogens is 1. The van der Waals surface area contributed by atoms with Crippen LogP contribution in [-0.2, 0) is 4.79 Å². The fourth-order valence-corrected chi connectivity index (χ4v) is 2.62. The van der Waals surface area contributed by atoms with Crippen LogP contribution in [0.25, 0.3) is 0 Å². The topological polar surface area (TPSA) is 62.3 Å². The smallest absolute Gasteiger partial charge is 0.257 e. The second-order valence-corrected chi connectivity index (χ2v) is 5.57. The third-order valence-corrected chi connectivity index (χ3v) is 3.78. The van der Waals surface area contributed by atoms with E-state index in [-0.39, 0.29) is 28.3 Å². The summed E-state index contributed by atoms with van der Waals surface area (Å²) in [5, 5.41) is 3.26. The molecule has 0 aliphatic carbocycles. The minimum Gasteiger partial charge on any atom is -0.319 e. The van der Waals surface area contributed by atoms with Crippen LogP contribution in [0.5, 0.6) is 0 Å². The average molecular weight is 357 g/mol. The molecule has 0 radical (unpaired) electrons. The van der Waals surface area contributed by atoms with Gasteiger partial charge in [0.05, 0.1) is 16.9 Å². The average Bonchev–Trinajstić information content (AvgIpc) is 2.60. The van der Waals surface area contributed by atoms with E-state index in [9.17, 15) is 9.59 Å². The summed E-state index contributed by atoms with van der Waals surface area (Å²) in [5.74, 6) is -0.902. The third-order valence-electron chi connectivity index (χ3n) is 3.11. The largest absolute Gasteiger partial charge is 0.319 e. The number of anilines is 3. The molecule has 112 valence electrons. The summed E-state index contributed by atoms with van der Waals surface area (Å²) in [7, 11) is 0. The molecule has 1 aliphatic rings. The highest BCUT2D eigenvalue weighted by Crippen LogP contribution is 2.38. The van der Waals surface area contributed by atoms with Gasteiger partial charge in [-0.15, -0.1) is 11.6 Å². The van der Waals surface area contributed by atoms with Crippen molar-refractivity contribution in [3.8, 4) is 0 Å². The van der Waals surface area contributed by atoms with E-state index >= 15 is 0 Å². The van der Waals surface area contributed by atoms with Gasteiger partial charge in [-0.25, -0.2) is 4.98 Å². The van der Waals surface area contributed by atoms with Crippen molar-refractivity contribution in [1.82, 2.24) is 4.98 Å². The molecule has 2 aromatic rings. The van der Waals surface area contributed by atoms with Crippen LogP contribution in [0, 0.1) is 0 Å². The van der Waals surface area contributed by atoms with Gasteiger partial charge in [0, 0.05) is 5.02 Å². The maximum absolute atomic E-state index is 12.3. The van der Waals surface area contributed by atoms with Crippen molar-refractivity contribution in [2.24, 2.45) is 0 Å². The maximum Gasteiger partial charge on any atom is 0.257 e. The highest BCUT2D eigenvalue weighted by molar-refractivity contribution is 6.33. The van der Waals surface area contributed by atoms with Gasteiger partial charge in [-0.05, 0) is 30.3 Å². The molecule has 0 saturated heterocycles. The number of rotatable bonds is 1. The number of carbonyl (C=O) groups excluding carboxylic acids is 2. The first-order valence-corrected chi connectivity index (χ1v) is 7.46. The van der Waals surface area contributed by atoms with Crippen LogP contribution in [0.1, 0.15) is 10.4 Å². The molecule has 2 amide bonds. The van der Waals surface area contributed by atoms with Crippen LogP contribution in [-0.4, -0.2) is 22.7 Å². The predicted octanol–water partition coefficient (Wildman–Crippen LogP) is 3.86. The number of fused-ring (bicyclic) bond motifs is 2. The van der Waals surface area contributed by atoms with Crippen LogP contribution in [0.2, 0.25) is 10.2 Å². The normalized spacial score (nSPS) is 13.0. The Morgan fingerprint density at radius 2 is 2.00 bits per heavy atom. The lowest BCUT2D eigenvalue weighted by molar-refractivity contribution is -0.115. The second kappa shape index (κ2) is 5.76. The molecular formula is C14H8Cl3N3O2. The van der Waals surface area contributed by atoms with Gasteiger partial charge in [0.2, 0.25) is 5.91 Å². The number of hydrogen-bond acceptors (Lipinski definition) is 3. The molecule has 0 atom stereocenters. The van der Waals surface area contributed by atoms with Crippen molar-refractivity contribution in [3.05, 3.63) is 46.1 Å². The molecule has 22 heavy (non-hydrogen) atoms. The number of carbonyl (C=O) groups is 2. The Kier molecular flexibility index (Phi) is 3.95. The van der Waals surface area contributed by atoms with Crippen molar-refractivity contribution >= 4 is 63.8 Å². The van der Waals surface area contributed by atoms with Crippen molar-refractivity contribution in [2.75, 3.05) is 16.1 Å². The number of benzene rings is 1. The molecule has 0 saturated carbocycles. The van der Waals surface area contributed by atoms with E-state index < -0.39 is 5.91 Å². The standard InChI is InChI=1S/C14H8Cl3N3O2/c15-6-12(21)20-10-5-7(16)1-2-8(10)14(22)18-9-3-4-11(17)19-13(9)20/h1-5H,6H2,(H,18,22). The van der Waals surface area contributed by atoms with Crippen LogP contribution in [0.15, 0.2) is 30.3 Å². The summed E-state index contributed by atoms with van der Waals surface area (Å²) in [5.41, 5.74) is 0.960. The van der Waals surface area contributed by atoms with Crippen molar-refractivity contribution in [2.45, 2.75) is 0 Å². The van der Waals surface area contributed by atoms with E-state index in [1.54, 1.807) is 12.1 Å². The monoisotopic (exact) mass is 355 g/mol.